The van der Waals surface area contributed by atoms with E-state index in [1.165, 1.54) is 0 Å². The minimum absolute atomic E-state index is 0.0980. The standard InChI is InChI=1S/C13H22N4O2/c1-19-9-6-14-10-11-2-7-17(8-3-11)12-13(18)16-5-4-15-12/h4-5,11,14H,2-3,6-10H2,1H3,(H,16,18). The quantitative estimate of drug-likeness (QED) is 0.721. The number of methoxy groups -OCH3 is 1. The zero-order valence-corrected chi connectivity index (χ0v) is 11.4. The van der Waals surface area contributed by atoms with E-state index in [1.54, 1.807) is 19.5 Å². The van der Waals surface area contributed by atoms with Crippen molar-refractivity contribution in [2.24, 2.45) is 5.92 Å². The Balaban J connectivity index is 1.76. The van der Waals surface area contributed by atoms with E-state index in [2.05, 4.69) is 20.2 Å². The number of nitrogens with one attached hydrogen (secondary N) is 2. The summed E-state index contributed by atoms with van der Waals surface area (Å²) in [5.41, 5.74) is -0.0980. The third-order valence-corrected chi connectivity index (χ3v) is 3.52. The molecule has 2 N–H and O–H groups in total. The number of nitrogens with zero attached hydrogens (tertiary/aromatic N) is 2. The number of aromatic amines is 1. The molecule has 1 saturated heterocycles. The number of hydrogen-bond acceptors (Lipinski definition) is 5. The molecular formula is C13H22N4O2. The topological polar surface area (TPSA) is 70.2 Å². The lowest BCUT2D eigenvalue weighted by molar-refractivity contribution is 0.196. The monoisotopic (exact) mass is 266 g/mol. The molecule has 0 aromatic carbocycles. The van der Waals surface area contributed by atoms with E-state index in [9.17, 15) is 4.79 Å². The van der Waals surface area contributed by atoms with E-state index < -0.39 is 0 Å². The Hall–Kier alpha value is -1.40. The molecule has 0 radical (unpaired) electrons. The summed E-state index contributed by atoms with van der Waals surface area (Å²) in [7, 11) is 1.71. The second kappa shape index (κ2) is 7.25. The summed E-state index contributed by atoms with van der Waals surface area (Å²) in [6, 6.07) is 0. The van der Waals surface area contributed by atoms with Crippen molar-refractivity contribution in [3.63, 3.8) is 0 Å². The van der Waals surface area contributed by atoms with E-state index in [1.807, 2.05) is 0 Å². The summed E-state index contributed by atoms with van der Waals surface area (Å²) in [5.74, 6) is 1.23. The average molecular weight is 266 g/mol. The SMILES string of the molecule is COCCNCC1CCN(c2ncc[nH]c2=O)CC1. The fraction of sp³-hybridized carbons (Fsp3) is 0.692. The minimum atomic E-state index is -0.0980. The van der Waals surface area contributed by atoms with Gasteiger partial charge in [0.2, 0.25) is 0 Å². The van der Waals surface area contributed by atoms with Crippen LogP contribution in [0.25, 0.3) is 0 Å². The molecule has 19 heavy (non-hydrogen) atoms. The highest BCUT2D eigenvalue weighted by atomic mass is 16.5. The zero-order valence-electron chi connectivity index (χ0n) is 11.4. The van der Waals surface area contributed by atoms with Crippen molar-refractivity contribution >= 4 is 5.82 Å². The van der Waals surface area contributed by atoms with Crippen LogP contribution in [0.1, 0.15) is 12.8 Å². The zero-order chi connectivity index (χ0) is 13.5. The first-order valence-corrected chi connectivity index (χ1v) is 6.79. The molecule has 0 amide bonds. The second-order valence-electron chi connectivity index (χ2n) is 4.87. The van der Waals surface area contributed by atoms with Gasteiger partial charge in [-0.05, 0) is 25.3 Å². The molecular weight excluding hydrogens is 244 g/mol. The lowest BCUT2D eigenvalue weighted by Crippen LogP contribution is -2.40. The predicted molar refractivity (Wildman–Crippen MR) is 74.5 cm³/mol. The Bertz CT molecular complexity index is 427. The van der Waals surface area contributed by atoms with Crippen molar-refractivity contribution < 1.29 is 4.74 Å². The fourth-order valence-corrected chi connectivity index (χ4v) is 2.40. The third kappa shape index (κ3) is 4.04. The number of H-pyrrole nitrogens is 1. The Morgan fingerprint density at radius 1 is 1.53 bits per heavy atom. The number of anilines is 1. The van der Waals surface area contributed by atoms with Crippen LogP contribution in [0.5, 0.6) is 0 Å². The van der Waals surface area contributed by atoms with Gasteiger partial charge in [0.1, 0.15) is 0 Å². The molecule has 6 heteroatoms. The van der Waals surface area contributed by atoms with Gasteiger partial charge in [-0.15, -0.1) is 0 Å². The first kappa shape index (κ1) is 14.0. The van der Waals surface area contributed by atoms with Crippen LogP contribution in [0.3, 0.4) is 0 Å². The van der Waals surface area contributed by atoms with E-state index in [-0.39, 0.29) is 5.56 Å². The Labute approximate surface area is 113 Å². The highest BCUT2D eigenvalue weighted by molar-refractivity contribution is 5.35. The lowest BCUT2D eigenvalue weighted by atomic mass is 9.97. The van der Waals surface area contributed by atoms with Crippen LogP contribution in [0.4, 0.5) is 5.82 Å². The van der Waals surface area contributed by atoms with Crippen LogP contribution in [-0.4, -0.2) is 49.9 Å². The fourth-order valence-electron chi connectivity index (χ4n) is 2.40. The van der Waals surface area contributed by atoms with Gasteiger partial charge in [0, 0.05) is 39.1 Å². The van der Waals surface area contributed by atoms with Crippen LogP contribution < -0.4 is 15.8 Å². The van der Waals surface area contributed by atoms with Gasteiger partial charge in [-0.25, -0.2) is 4.98 Å². The molecule has 1 aromatic rings. The molecule has 0 atom stereocenters. The van der Waals surface area contributed by atoms with Crippen molar-refractivity contribution in [3.05, 3.63) is 22.7 Å². The number of ether oxygens (including phenoxy) is 1. The van der Waals surface area contributed by atoms with Gasteiger partial charge in [-0.1, -0.05) is 0 Å². The van der Waals surface area contributed by atoms with E-state index in [4.69, 9.17) is 4.74 Å². The number of aromatic nitrogens is 2. The maximum atomic E-state index is 11.7. The van der Waals surface area contributed by atoms with Crippen LogP contribution in [0.15, 0.2) is 17.2 Å². The highest BCUT2D eigenvalue weighted by Gasteiger charge is 2.21. The summed E-state index contributed by atoms with van der Waals surface area (Å²) < 4.78 is 5.00. The van der Waals surface area contributed by atoms with Crippen molar-refractivity contribution in [1.29, 1.82) is 0 Å². The first-order chi connectivity index (χ1) is 9.31. The van der Waals surface area contributed by atoms with Gasteiger partial charge < -0.3 is 19.9 Å². The van der Waals surface area contributed by atoms with Crippen LogP contribution in [-0.2, 0) is 4.74 Å². The van der Waals surface area contributed by atoms with Crippen LogP contribution in [0, 0.1) is 5.92 Å². The normalized spacial score (nSPS) is 16.8. The number of piperidine rings is 1. The largest absolute Gasteiger partial charge is 0.383 e. The molecule has 0 saturated carbocycles. The maximum absolute atomic E-state index is 11.7. The Morgan fingerprint density at radius 3 is 3.00 bits per heavy atom. The van der Waals surface area contributed by atoms with Crippen LogP contribution in [0.2, 0.25) is 0 Å². The van der Waals surface area contributed by atoms with Crippen molar-refractivity contribution in [2.75, 3.05) is 44.8 Å². The smallest absolute Gasteiger partial charge is 0.290 e. The summed E-state index contributed by atoms with van der Waals surface area (Å²) >= 11 is 0. The molecule has 1 aromatic heterocycles. The molecule has 1 aliphatic rings. The summed E-state index contributed by atoms with van der Waals surface area (Å²) in [6.07, 6.45) is 5.39. The van der Waals surface area contributed by atoms with Crippen molar-refractivity contribution in [1.82, 2.24) is 15.3 Å². The van der Waals surface area contributed by atoms with E-state index in [0.717, 1.165) is 45.6 Å². The Kier molecular flexibility index (Phi) is 5.35. The predicted octanol–water partition coefficient (Wildman–Crippen LogP) is 0.222. The van der Waals surface area contributed by atoms with Crippen LogP contribution >= 0.6 is 0 Å². The second-order valence-corrected chi connectivity index (χ2v) is 4.87. The summed E-state index contributed by atoms with van der Waals surface area (Å²) in [4.78, 5) is 20.6. The van der Waals surface area contributed by atoms with E-state index in [0.29, 0.717) is 11.7 Å². The minimum Gasteiger partial charge on any atom is -0.383 e. The molecule has 1 fully saturated rings. The van der Waals surface area contributed by atoms with Gasteiger partial charge in [-0.2, -0.15) is 0 Å². The maximum Gasteiger partial charge on any atom is 0.290 e. The molecule has 0 spiro atoms. The Morgan fingerprint density at radius 2 is 2.32 bits per heavy atom. The molecule has 0 bridgehead atoms. The molecule has 2 heterocycles. The van der Waals surface area contributed by atoms with Crippen molar-refractivity contribution in [2.45, 2.75) is 12.8 Å². The van der Waals surface area contributed by atoms with E-state index >= 15 is 0 Å². The number of hydrogen-bond donors (Lipinski definition) is 2. The van der Waals surface area contributed by atoms with Crippen molar-refractivity contribution in [3.8, 4) is 0 Å². The van der Waals surface area contributed by atoms with Gasteiger partial charge in [0.25, 0.3) is 5.56 Å². The van der Waals surface area contributed by atoms with Gasteiger partial charge >= 0.3 is 0 Å². The highest BCUT2D eigenvalue weighted by Crippen LogP contribution is 2.18. The molecule has 1 aliphatic heterocycles. The molecule has 6 nitrogen and oxygen atoms in total. The summed E-state index contributed by atoms with van der Waals surface area (Å²) in [5, 5.41) is 3.39. The third-order valence-electron chi connectivity index (χ3n) is 3.52. The average Bonchev–Trinajstić information content (AvgIpc) is 2.45. The molecule has 2 rings (SSSR count). The van der Waals surface area contributed by atoms with Gasteiger partial charge in [0.05, 0.1) is 6.61 Å². The lowest BCUT2D eigenvalue weighted by Gasteiger charge is -2.32. The first-order valence-electron chi connectivity index (χ1n) is 6.79. The van der Waals surface area contributed by atoms with Gasteiger partial charge in [0.15, 0.2) is 5.82 Å². The number of rotatable bonds is 6. The summed E-state index contributed by atoms with van der Waals surface area (Å²) in [6.45, 7) is 4.47. The molecule has 0 aliphatic carbocycles. The van der Waals surface area contributed by atoms with Gasteiger partial charge in [-0.3, -0.25) is 4.79 Å². The molecule has 106 valence electrons. The molecule has 0 unspecified atom stereocenters.